The van der Waals surface area contributed by atoms with Crippen LogP contribution in [-0.2, 0) is 0 Å². The van der Waals surface area contributed by atoms with Gasteiger partial charge in [0.05, 0.1) is 24.5 Å². The molecule has 1 aliphatic heterocycles. The lowest BCUT2D eigenvalue weighted by atomic mass is 10.2. The third-order valence-electron chi connectivity index (χ3n) is 4.20. The summed E-state index contributed by atoms with van der Waals surface area (Å²) >= 11 is 0. The van der Waals surface area contributed by atoms with Gasteiger partial charge in [0.2, 0.25) is 0 Å². The van der Waals surface area contributed by atoms with Crippen LogP contribution in [0.1, 0.15) is 11.5 Å². The van der Waals surface area contributed by atoms with Crippen LogP contribution in [0.5, 0.6) is 0 Å². The molecule has 0 aliphatic carbocycles. The maximum atomic E-state index is 14.6. The number of anilines is 1. The van der Waals surface area contributed by atoms with Crippen molar-refractivity contribution < 1.29 is 14.2 Å². The highest BCUT2D eigenvalue weighted by molar-refractivity contribution is 7.64. The van der Waals surface area contributed by atoms with Crippen LogP contribution >= 0.6 is 7.72 Å². The van der Waals surface area contributed by atoms with Crippen LogP contribution in [0.2, 0.25) is 0 Å². The Bertz CT molecular complexity index is 828. The first-order chi connectivity index (χ1) is 11.3. The molecule has 24 heavy (non-hydrogen) atoms. The molecular weight excluding hydrogens is 332 g/mol. The van der Waals surface area contributed by atoms with Crippen molar-refractivity contribution in [2.75, 3.05) is 30.3 Å². The minimum atomic E-state index is -2.80. The van der Waals surface area contributed by atoms with Gasteiger partial charge in [-0.2, -0.15) is 0 Å². The Morgan fingerprint density at radius 3 is 2.42 bits per heavy atom. The highest BCUT2D eigenvalue weighted by Gasteiger charge is 2.38. The molecule has 1 aromatic carbocycles. The maximum Gasteiger partial charge on any atom is 0.271 e. The quantitative estimate of drug-likeness (QED) is 0.804. The zero-order valence-electron chi connectivity index (χ0n) is 13.6. The van der Waals surface area contributed by atoms with Crippen LogP contribution in [0.4, 0.5) is 10.1 Å². The number of halogens is 1. The van der Waals surface area contributed by atoms with Crippen molar-refractivity contribution in [2.24, 2.45) is 0 Å². The van der Waals surface area contributed by atoms with Gasteiger partial charge in [-0.15, -0.1) is 0 Å². The van der Waals surface area contributed by atoms with Crippen molar-refractivity contribution >= 4 is 13.4 Å². The Morgan fingerprint density at radius 2 is 1.83 bits per heavy atom. The van der Waals surface area contributed by atoms with Gasteiger partial charge in [-0.3, -0.25) is 9.36 Å². The van der Waals surface area contributed by atoms with Gasteiger partial charge in [-0.1, -0.05) is 0 Å². The van der Waals surface area contributed by atoms with Crippen molar-refractivity contribution in [2.45, 2.75) is 13.8 Å². The zero-order chi connectivity index (χ0) is 17.5. The molecule has 0 spiro atoms. The third kappa shape index (κ3) is 3.34. The van der Waals surface area contributed by atoms with E-state index in [9.17, 15) is 19.0 Å². The van der Waals surface area contributed by atoms with Crippen molar-refractivity contribution in [1.82, 2.24) is 9.55 Å². The summed E-state index contributed by atoms with van der Waals surface area (Å²) < 4.78 is 15.9. The minimum Gasteiger partial charge on any atom is -0.361 e. The second-order valence-corrected chi connectivity index (χ2v) is 8.72. The lowest BCUT2D eigenvalue weighted by Crippen LogP contribution is -2.37. The molecule has 0 saturated carbocycles. The SMILES string of the molecule is Cc1cc(=O)n(-c2ccc(N3CC[P+](O)(O)CC3)c(F)c2)c(C)n1. The zero-order valence-corrected chi connectivity index (χ0v) is 14.5. The standard InChI is InChI=1S/C16H20FN3O3P/c1-11-9-16(21)20(12(2)18-11)13-3-4-15(14(17)10-13)19-5-7-24(22,23)8-6-19/h3-4,9-10,22-23H,5-8H2,1-2H3/q+1. The van der Waals surface area contributed by atoms with Crippen molar-refractivity contribution in [1.29, 1.82) is 0 Å². The second kappa shape index (κ2) is 6.24. The molecule has 1 aliphatic rings. The molecule has 1 fully saturated rings. The maximum absolute atomic E-state index is 14.6. The molecule has 2 N–H and O–H groups in total. The highest BCUT2D eigenvalue weighted by Crippen LogP contribution is 2.51. The fourth-order valence-corrected chi connectivity index (χ4v) is 4.32. The molecule has 0 amide bonds. The van der Waals surface area contributed by atoms with Gasteiger partial charge in [-0.25, -0.2) is 19.2 Å². The van der Waals surface area contributed by atoms with E-state index < -0.39 is 13.5 Å². The molecule has 0 atom stereocenters. The molecule has 2 heterocycles. The van der Waals surface area contributed by atoms with E-state index in [0.29, 0.717) is 36.0 Å². The van der Waals surface area contributed by atoms with Gasteiger partial charge >= 0.3 is 0 Å². The van der Waals surface area contributed by atoms with Crippen molar-refractivity contribution in [3.05, 3.63) is 52.0 Å². The lowest BCUT2D eigenvalue weighted by molar-refractivity contribution is 0.440. The van der Waals surface area contributed by atoms with Crippen LogP contribution < -0.4 is 10.5 Å². The summed E-state index contributed by atoms with van der Waals surface area (Å²) in [7, 11) is -2.80. The molecule has 128 valence electrons. The third-order valence-corrected chi connectivity index (χ3v) is 6.03. The molecular formula is C16H20FN3O3P+. The van der Waals surface area contributed by atoms with Gasteiger partial charge in [0.1, 0.15) is 24.0 Å². The van der Waals surface area contributed by atoms with Crippen molar-refractivity contribution in [3.63, 3.8) is 0 Å². The molecule has 3 rings (SSSR count). The average molecular weight is 352 g/mol. The monoisotopic (exact) mass is 352 g/mol. The Morgan fingerprint density at radius 1 is 1.17 bits per heavy atom. The molecule has 0 bridgehead atoms. The summed E-state index contributed by atoms with van der Waals surface area (Å²) in [6, 6.07) is 6.03. The van der Waals surface area contributed by atoms with E-state index in [1.807, 2.05) is 0 Å². The fourth-order valence-electron chi connectivity index (χ4n) is 2.97. The Kier molecular flexibility index (Phi) is 4.42. The predicted molar refractivity (Wildman–Crippen MR) is 92.6 cm³/mol. The topological polar surface area (TPSA) is 78.6 Å². The average Bonchev–Trinajstić information content (AvgIpc) is 2.47. The Labute approximate surface area is 139 Å². The number of hydrogen-bond donors (Lipinski definition) is 2. The largest absolute Gasteiger partial charge is 0.361 e. The number of benzene rings is 1. The number of aromatic nitrogens is 2. The number of nitrogens with zero attached hydrogens (tertiary/aromatic N) is 3. The summed E-state index contributed by atoms with van der Waals surface area (Å²) in [5, 5.41) is 0. The smallest absolute Gasteiger partial charge is 0.271 e. The van der Waals surface area contributed by atoms with Gasteiger partial charge in [-0.05, 0) is 26.0 Å². The second-order valence-electron chi connectivity index (χ2n) is 6.07. The summed E-state index contributed by atoms with van der Waals surface area (Å²) in [4.78, 5) is 37.6. The summed E-state index contributed by atoms with van der Waals surface area (Å²) in [5.41, 5.74) is 1.21. The molecule has 8 heteroatoms. The van der Waals surface area contributed by atoms with E-state index in [0.717, 1.165) is 0 Å². The van der Waals surface area contributed by atoms with Crippen molar-refractivity contribution in [3.8, 4) is 5.69 Å². The summed E-state index contributed by atoms with van der Waals surface area (Å²) in [5.74, 6) is 0.0568. The number of hydrogen-bond acceptors (Lipinski definition) is 5. The van der Waals surface area contributed by atoms with Crippen LogP contribution in [0, 0.1) is 19.7 Å². The molecule has 2 aromatic rings. The van der Waals surface area contributed by atoms with Crippen LogP contribution in [0.25, 0.3) is 5.69 Å². The molecule has 6 nitrogen and oxygen atoms in total. The normalized spacial score (nSPS) is 17.1. The lowest BCUT2D eigenvalue weighted by Gasteiger charge is -2.30. The van der Waals surface area contributed by atoms with Gasteiger partial charge in [0, 0.05) is 17.8 Å². The van der Waals surface area contributed by atoms with Crippen LogP contribution in [0.15, 0.2) is 29.1 Å². The van der Waals surface area contributed by atoms with E-state index >= 15 is 0 Å². The van der Waals surface area contributed by atoms with Gasteiger partial charge < -0.3 is 4.90 Å². The van der Waals surface area contributed by atoms with Gasteiger partial charge in [0.25, 0.3) is 13.3 Å². The van der Waals surface area contributed by atoms with Gasteiger partial charge in [0.15, 0.2) is 0 Å². The Hall–Kier alpha value is -1.82. The van der Waals surface area contributed by atoms with E-state index in [-0.39, 0.29) is 17.9 Å². The van der Waals surface area contributed by atoms with Crippen LogP contribution in [-0.4, -0.2) is 44.8 Å². The Balaban J connectivity index is 1.93. The summed E-state index contributed by atoms with van der Waals surface area (Å²) in [6.07, 6.45) is 0.545. The molecule has 0 radical (unpaired) electrons. The summed E-state index contributed by atoms with van der Waals surface area (Å²) in [6.45, 7) is 4.25. The highest BCUT2D eigenvalue weighted by atomic mass is 31.2. The van der Waals surface area contributed by atoms with E-state index in [2.05, 4.69) is 4.98 Å². The first kappa shape index (κ1) is 17.0. The van der Waals surface area contributed by atoms with E-state index in [1.165, 1.54) is 16.7 Å². The number of aryl methyl sites for hydroxylation is 2. The first-order valence-corrected chi connectivity index (χ1v) is 9.78. The first-order valence-electron chi connectivity index (χ1n) is 7.72. The van der Waals surface area contributed by atoms with E-state index in [1.54, 1.807) is 30.9 Å². The molecule has 1 saturated heterocycles. The molecule has 0 unspecified atom stereocenters. The molecule has 1 aromatic heterocycles. The fraction of sp³-hybridized carbons (Fsp3) is 0.375. The minimum absolute atomic E-state index is 0.250. The van der Waals surface area contributed by atoms with E-state index in [4.69, 9.17) is 0 Å². The predicted octanol–water partition coefficient (Wildman–Crippen LogP) is 1.64. The van der Waals surface area contributed by atoms with Crippen LogP contribution in [0.3, 0.4) is 0 Å². The number of rotatable bonds is 2.